The van der Waals surface area contributed by atoms with Crippen molar-refractivity contribution >= 4 is 27.6 Å². The molecule has 3 rings (SSSR count). The van der Waals surface area contributed by atoms with Gasteiger partial charge in [-0.3, -0.25) is 9.59 Å². The lowest BCUT2D eigenvalue weighted by molar-refractivity contribution is -0.152. The number of hydrogen-bond donors (Lipinski definition) is 1. The summed E-state index contributed by atoms with van der Waals surface area (Å²) in [6.07, 6.45) is 0.170. The molecule has 0 radical (unpaired) electrons. The van der Waals surface area contributed by atoms with E-state index in [4.69, 9.17) is 4.74 Å². The minimum Gasteiger partial charge on any atom is -0.455 e. The molecule has 12 heteroatoms. The van der Waals surface area contributed by atoms with E-state index in [0.717, 1.165) is 28.6 Å². The molecule has 172 valence electrons. The molecule has 7 nitrogen and oxygen atoms in total. The number of amides is 1. The molecule has 0 aliphatic carbocycles. The molecule has 1 fully saturated rings. The van der Waals surface area contributed by atoms with Gasteiger partial charge in [-0.05, 0) is 43.2 Å². The average Bonchev–Trinajstić information content (AvgIpc) is 2.76. The molecule has 0 aromatic heterocycles. The number of carbonyl (C=O) groups is 2. The van der Waals surface area contributed by atoms with Crippen LogP contribution < -0.4 is 5.32 Å². The molecule has 0 spiro atoms. The van der Waals surface area contributed by atoms with Crippen molar-refractivity contribution in [2.75, 3.05) is 25.0 Å². The number of halogens is 4. The fourth-order valence-corrected chi connectivity index (χ4v) is 4.63. The first-order valence-corrected chi connectivity index (χ1v) is 10.9. The third kappa shape index (κ3) is 5.43. The minimum absolute atomic E-state index is 0.0677. The van der Waals surface area contributed by atoms with Crippen LogP contribution >= 0.6 is 0 Å². The maximum absolute atomic E-state index is 13.5. The monoisotopic (exact) mass is 474 g/mol. The van der Waals surface area contributed by atoms with E-state index >= 15 is 0 Å². The lowest BCUT2D eigenvalue weighted by Gasteiger charge is -2.30. The Labute approximate surface area is 181 Å². The number of benzene rings is 2. The number of esters is 1. The second-order valence-corrected chi connectivity index (χ2v) is 8.97. The summed E-state index contributed by atoms with van der Waals surface area (Å²) < 4.78 is 84.2. The molecule has 2 aromatic rings. The molecular weight excluding hydrogens is 456 g/mol. The van der Waals surface area contributed by atoms with Crippen molar-refractivity contribution in [3.05, 3.63) is 59.7 Å². The van der Waals surface area contributed by atoms with Crippen LogP contribution in [0.4, 0.5) is 23.2 Å². The molecular formula is C20H18F4N2O5S. The fraction of sp³-hybridized carbons (Fsp3) is 0.300. The van der Waals surface area contributed by atoms with E-state index in [1.807, 2.05) is 0 Å². The SMILES string of the molecule is O=C(COC(=O)C1CCN(S(=O)(=O)c2ccc(F)c(F)c2)CC1)Nc1cc(F)ccc1F. The van der Waals surface area contributed by atoms with E-state index in [-0.39, 0.29) is 25.9 Å². The van der Waals surface area contributed by atoms with Crippen molar-refractivity contribution in [1.82, 2.24) is 4.31 Å². The van der Waals surface area contributed by atoms with Crippen LogP contribution in [0.15, 0.2) is 41.3 Å². The summed E-state index contributed by atoms with van der Waals surface area (Å²) in [5, 5.41) is 2.09. The van der Waals surface area contributed by atoms with Gasteiger partial charge in [-0.15, -0.1) is 0 Å². The summed E-state index contributed by atoms with van der Waals surface area (Å²) in [5.41, 5.74) is -0.401. The number of carbonyl (C=O) groups excluding carboxylic acids is 2. The molecule has 0 bridgehead atoms. The van der Waals surface area contributed by atoms with Gasteiger partial charge in [-0.25, -0.2) is 26.0 Å². The highest BCUT2D eigenvalue weighted by Crippen LogP contribution is 2.25. The highest BCUT2D eigenvalue weighted by molar-refractivity contribution is 7.89. The van der Waals surface area contributed by atoms with Gasteiger partial charge in [0.1, 0.15) is 11.6 Å². The molecule has 0 unspecified atom stereocenters. The highest BCUT2D eigenvalue weighted by Gasteiger charge is 2.33. The van der Waals surface area contributed by atoms with E-state index in [9.17, 15) is 35.6 Å². The third-order valence-electron chi connectivity index (χ3n) is 4.86. The van der Waals surface area contributed by atoms with Crippen molar-refractivity contribution in [3.8, 4) is 0 Å². The molecule has 1 amide bonds. The molecule has 1 aliphatic heterocycles. The van der Waals surface area contributed by atoms with Gasteiger partial charge in [0, 0.05) is 19.2 Å². The third-order valence-corrected chi connectivity index (χ3v) is 6.76. The molecule has 0 atom stereocenters. The summed E-state index contributed by atoms with van der Waals surface area (Å²) in [6.45, 7) is -0.869. The molecule has 1 aliphatic rings. The van der Waals surface area contributed by atoms with Crippen LogP contribution in [-0.4, -0.2) is 44.3 Å². The highest BCUT2D eigenvalue weighted by atomic mass is 32.2. The summed E-state index contributed by atoms with van der Waals surface area (Å²) in [5.74, 6) is -6.39. The molecule has 1 N–H and O–H groups in total. The van der Waals surface area contributed by atoms with E-state index in [0.29, 0.717) is 12.1 Å². The molecule has 1 saturated heterocycles. The Kier molecular flexibility index (Phi) is 7.14. The van der Waals surface area contributed by atoms with Gasteiger partial charge in [0.25, 0.3) is 5.91 Å². The van der Waals surface area contributed by atoms with Gasteiger partial charge in [-0.1, -0.05) is 0 Å². The van der Waals surface area contributed by atoms with Crippen LogP contribution in [0, 0.1) is 29.2 Å². The zero-order valence-corrected chi connectivity index (χ0v) is 17.3. The predicted molar refractivity (Wildman–Crippen MR) is 104 cm³/mol. The quantitative estimate of drug-likeness (QED) is 0.514. The predicted octanol–water partition coefficient (Wildman–Crippen LogP) is 2.83. The Morgan fingerprint density at radius 2 is 1.62 bits per heavy atom. The first-order chi connectivity index (χ1) is 15.1. The summed E-state index contributed by atoms with van der Waals surface area (Å²) in [7, 11) is -4.07. The van der Waals surface area contributed by atoms with E-state index in [1.165, 1.54) is 0 Å². The zero-order valence-electron chi connectivity index (χ0n) is 16.5. The number of nitrogens with one attached hydrogen (secondary N) is 1. The van der Waals surface area contributed by atoms with Gasteiger partial charge in [0.2, 0.25) is 10.0 Å². The fourth-order valence-electron chi connectivity index (χ4n) is 3.15. The first-order valence-electron chi connectivity index (χ1n) is 9.44. The van der Waals surface area contributed by atoms with Crippen molar-refractivity contribution in [2.45, 2.75) is 17.7 Å². The Balaban J connectivity index is 1.51. The van der Waals surface area contributed by atoms with Crippen molar-refractivity contribution < 1.29 is 40.3 Å². The summed E-state index contributed by atoms with van der Waals surface area (Å²) in [6, 6.07) is 4.74. The first kappa shape index (κ1) is 23.7. The lowest BCUT2D eigenvalue weighted by Crippen LogP contribution is -2.41. The van der Waals surface area contributed by atoms with Crippen LogP contribution in [0.25, 0.3) is 0 Å². The number of sulfonamides is 1. The van der Waals surface area contributed by atoms with Crippen molar-refractivity contribution in [3.63, 3.8) is 0 Å². The smallest absolute Gasteiger partial charge is 0.309 e. The van der Waals surface area contributed by atoms with Gasteiger partial charge in [0.15, 0.2) is 18.2 Å². The van der Waals surface area contributed by atoms with Crippen LogP contribution in [-0.2, 0) is 24.3 Å². The second kappa shape index (κ2) is 9.65. The van der Waals surface area contributed by atoms with E-state index < -0.39 is 68.3 Å². The second-order valence-electron chi connectivity index (χ2n) is 7.03. The van der Waals surface area contributed by atoms with E-state index in [1.54, 1.807) is 0 Å². The van der Waals surface area contributed by atoms with E-state index in [2.05, 4.69) is 5.32 Å². The number of nitrogens with zero attached hydrogens (tertiary/aromatic N) is 1. The Bertz CT molecular complexity index is 1130. The van der Waals surface area contributed by atoms with Gasteiger partial charge in [-0.2, -0.15) is 4.31 Å². The Morgan fingerprint density at radius 3 is 2.28 bits per heavy atom. The summed E-state index contributed by atoms with van der Waals surface area (Å²) >= 11 is 0. The topological polar surface area (TPSA) is 92.8 Å². The maximum Gasteiger partial charge on any atom is 0.309 e. The zero-order chi connectivity index (χ0) is 23.5. The van der Waals surface area contributed by atoms with Gasteiger partial charge in [0.05, 0.1) is 16.5 Å². The molecule has 0 saturated carbocycles. The van der Waals surface area contributed by atoms with Crippen molar-refractivity contribution in [1.29, 1.82) is 0 Å². The van der Waals surface area contributed by atoms with Crippen LogP contribution in [0.2, 0.25) is 0 Å². The van der Waals surface area contributed by atoms with Crippen LogP contribution in [0.1, 0.15) is 12.8 Å². The Morgan fingerprint density at radius 1 is 0.969 bits per heavy atom. The largest absolute Gasteiger partial charge is 0.455 e. The standard InChI is InChI=1S/C20H18F4N2O5S/c21-13-1-3-16(23)18(9-13)25-19(27)11-31-20(28)12-5-7-26(8-6-12)32(29,30)14-2-4-15(22)17(24)10-14/h1-4,9-10,12H,5-8,11H2,(H,25,27). The molecule has 32 heavy (non-hydrogen) atoms. The molecule has 1 heterocycles. The van der Waals surface area contributed by atoms with Gasteiger partial charge >= 0.3 is 5.97 Å². The van der Waals surface area contributed by atoms with Crippen molar-refractivity contribution in [2.24, 2.45) is 5.92 Å². The van der Waals surface area contributed by atoms with Crippen LogP contribution in [0.5, 0.6) is 0 Å². The normalized spacial score (nSPS) is 15.4. The van der Waals surface area contributed by atoms with Gasteiger partial charge < -0.3 is 10.1 Å². The van der Waals surface area contributed by atoms with Crippen LogP contribution in [0.3, 0.4) is 0 Å². The number of anilines is 1. The molecule has 2 aromatic carbocycles. The summed E-state index contributed by atoms with van der Waals surface area (Å²) in [4.78, 5) is 23.6. The lowest BCUT2D eigenvalue weighted by atomic mass is 9.98. The maximum atomic E-state index is 13.5. The average molecular weight is 474 g/mol. The number of rotatable bonds is 6. The number of ether oxygens (including phenoxy) is 1. The Hall–Kier alpha value is -2.99. The minimum atomic E-state index is -4.07. The number of piperidine rings is 1. The number of hydrogen-bond acceptors (Lipinski definition) is 5.